The largest absolute Gasteiger partial charge is 0.298 e. The Kier molecular flexibility index (Phi) is 6.78. The van der Waals surface area contributed by atoms with Crippen LogP contribution in [0.2, 0.25) is 0 Å². The highest BCUT2D eigenvalue weighted by Crippen LogP contribution is 2.34. The summed E-state index contributed by atoms with van der Waals surface area (Å²) in [6, 6.07) is 13.5. The zero-order valence-electron chi connectivity index (χ0n) is 19.8. The molecule has 0 fully saturated rings. The smallest absolute Gasteiger partial charge is 0.141 e. The first-order valence-corrected chi connectivity index (χ1v) is 11.8. The minimum Gasteiger partial charge on any atom is -0.298 e. The molecule has 0 saturated heterocycles. The number of hydrogen-bond acceptors (Lipinski definition) is 0. The second-order valence-corrected chi connectivity index (χ2v) is 10.00. The molecule has 0 atom stereocenters. The van der Waals surface area contributed by atoms with Gasteiger partial charge in [-0.1, -0.05) is 101 Å². The molecule has 0 aliphatic rings. The Morgan fingerprint density at radius 1 is 0.533 bits per heavy atom. The number of imidazole rings is 1. The molecule has 0 unspecified atom stereocenters. The normalized spacial score (nSPS) is 12.0. The fraction of sp³-hybridized carbons (Fsp3) is 0.444. The molecule has 0 saturated carbocycles. The van der Waals surface area contributed by atoms with Gasteiger partial charge >= 0.3 is 0 Å². The van der Waals surface area contributed by atoms with E-state index in [2.05, 4.69) is 122 Å². The fourth-order valence-corrected chi connectivity index (χ4v) is 4.70. The van der Waals surface area contributed by atoms with E-state index in [4.69, 9.17) is 0 Å². The summed E-state index contributed by atoms with van der Waals surface area (Å²) in [5, 5.41) is 1.06. The van der Waals surface area contributed by atoms with E-state index in [0.717, 1.165) is 5.20 Å². The van der Waals surface area contributed by atoms with Crippen LogP contribution in [0.4, 0.5) is 0 Å². The molecule has 0 spiro atoms. The van der Waals surface area contributed by atoms with Gasteiger partial charge < -0.3 is 0 Å². The zero-order valence-corrected chi connectivity index (χ0v) is 20.8. The minimum absolute atomic E-state index is 0.454. The molecule has 1 heterocycles. The van der Waals surface area contributed by atoms with E-state index in [-0.39, 0.29) is 0 Å². The van der Waals surface area contributed by atoms with Crippen molar-refractivity contribution in [3.8, 4) is 11.4 Å². The van der Waals surface area contributed by atoms with Crippen LogP contribution in [-0.2, 0) is 0 Å². The van der Waals surface area contributed by atoms with Crippen LogP contribution < -0.4 is 0 Å². The summed E-state index contributed by atoms with van der Waals surface area (Å²) in [5.41, 5.74) is 8.13. The highest BCUT2D eigenvalue weighted by atomic mass is 31.0. The highest BCUT2D eigenvalue weighted by Gasteiger charge is 2.20. The number of rotatable bonds is 6. The van der Waals surface area contributed by atoms with Crippen molar-refractivity contribution in [2.24, 2.45) is 0 Å². The second-order valence-electron chi connectivity index (χ2n) is 9.55. The van der Waals surface area contributed by atoms with Crippen LogP contribution in [0.25, 0.3) is 11.4 Å². The van der Waals surface area contributed by atoms with Crippen molar-refractivity contribution >= 4 is 8.86 Å². The van der Waals surface area contributed by atoms with Crippen LogP contribution in [0.1, 0.15) is 101 Å². The van der Waals surface area contributed by atoms with Gasteiger partial charge in [0.15, 0.2) is 0 Å². The van der Waals surface area contributed by atoms with Gasteiger partial charge in [-0.2, -0.15) is 0 Å². The number of para-hydroxylation sites is 2. The average Bonchev–Trinajstić information content (AvgIpc) is 3.07. The van der Waals surface area contributed by atoms with Crippen molar-refractivity contribution in [1.29, 1.82) is 0 Å². The van der Waals surface area contributed by atoms with Gasteiger partial charge in [0.1, 0.15) is 5.20 Å². The average molecular weight is 421 g/mol. The first kappa shape index (κ1) is 22.6. The molecule has 3 rings (SSSR count). The van der Waals surface area contributed by atoms with Crippen LogP contribution in [0, 0.1) is 5.20 Å². The first-order chi connectivity index (χ1) is 14.1. The molecule has 0 aliphatic heterocycles. The Morgan fingerprint density at radius 2 is 0.800 bits per heavy atom. The molecular formula is C27H37N2P. The van der Waals surface area contributed by atoms with E-state index >= 15 is 0 Å². The van der Waals surface area contributed by atoms with Gasteiger partial charge in [0.2, 0.25) is 0 Å². The number of aromatic nitrogens is 2. The molecule has 0 bridgehead atoms. The molecular weight excluding hydrogens is 383 g/mol. The lowest BCUT2D eigenvalue weighted by atomic mass is 9.92. The monoisotopic (exact) mass is 420 g/mol. The molecule has 30 heavy (non-hydrogen) atoms. The summed E-state index contributed by atoms with van der Waals surface area (Å²) in [5.74, 6) is 1.81. The minimum atomic E-state index is 0.454. The lowest BCUT2D eigenvalue weighted by Crippen LogP contribution is -2.09. The van der Waals surface area contributed by atoms with Gasteiger partial charge in [0, 0.05) is 12.4 Å². The summed E-state index contributed by atoms with van der Waals surface area (Å²) in [4.78, 5) is 0. The summed E-state index contributed by atoms with van der Waals surface area (Å²) in [6.07, 6.45) is 4.41. The Hall–Kier alpha value is -2.05. The third-order valence-corrected chi connectivity index (χ3v) is 6.47. The van der Waals surface area contributed by atoms with Crippen molar-refractivity contribution in [3.05, 3.63) is 76.2 Å². The van der Waals surface area contributed by atoms with Crippen molar-refractivity contribution in [1.82, 2.24) is 9.13 Å². The maximum absolute atomic E-state index is 4.05. The van der Waals surface area contributed by atoms with Crippen LogP contribution in [0.5, 0.6) is 0 Å². The first-order valence-electron chi connectivity index (χ1n) is 11.3. The predicted molar refractivity (Wildman–Crippen MR) is 133 cm³/mol. The standard InChI is InChI=1S/C27H37N2P/c1-17(2)21-11-9-12-22(18(3)4)25(21)28-15-16-29(27(28)30)26-23(19(5)6)13-10-14-24(26)20(7)8/h9-20,30H,1-8H3. The van der Waals surface area contributed by atoms with E-state index in [0.29, 0.717) is 23.7 Å². The topological polar surface area (TPSA) is 9.86 Å². The Balaban J connectivity index is 2.33. The van der Waals surface area contributed by atoms with Gasteiger partial charge in [0.25, 0.3) is 0 Å². The summed E-state index contributed by atoms with van der Waals surface area (Å²) >= 11 is 0. The van der Waals surface area contributed by atoms with Crippen molar-refractivity contribution in [2.75, 3.05) is 0 Å². The predicted octanol–water partition coefficient (Wildman–Crippen LogP) is 8.44. The number of nitrogens with zero attached hydrogens (tertiary/aromatic N) is 2. The summed E-state index contributed by atoms with van der Waals surface area (Å²) < 4.78 is 4.64. The number of hydrogen-bond donors (Lipinski definition) is 0. The van der Waals surface area contributed by atoms with Gasteiger partial charge in [-0.3, -0.25) is 9.13 Å². The molecule has 0 N–H and O–H groups in total. The quantitative estimate of drug-likeness (QED) is 0.354. The molecule has 0 aliphatic carbocycles. The molecule has 160 valence electrons. The van der Waals surface area contributed by atoms with E-state index < -0.39 is 0 Å². The number of benzene rings is 2. The van der Waals surface area contributed by atoms with E-state index in [1.807, 2.05) is 0 Å². The Labute approximate surface area is 184 Å². The van der Waals surface area contributed by atoms with Crippen LogP contribution in [0.15, 0.2) is 48.8 Å². The Morgan fingerprint density at radius 3 is 1.03 bits per heavy atom. The summed E-state index contributed by atoms with van der Waals surface area (Å²) in [7, 11) is 4.05. The van der Waals surface area contributed by atoms with Crippen LogP contribution in [0.3, 0.4) is 0 Å². The lowest BCUT2D eigenvalue weighted by Gasteiger charge is -2.22. The van der Waals surface area contributed by atoms with E-state index in [1.54, 1.807) is 0 Å². The SMILES string of the molecule is CC(C)c1cccc(C(C)C)c1-n1ccn(-c2c(C(C)C)cccc2C(C)C)c1=P. The second kappa shape index (κ2) is 8.98. The molecule has 3 aromatic rings. The zero-order chi connectivity index (χ0) is 22.2. The van der Waals surface area contributed by atoms with E-state index in [1.165, 1.54) is 33.6 Å². The van der Waals surface area contributed by atoms with E-state index in [9.17, 15) is 0 Å². The Bertz CT molecular complexity index is 944. The van der Waals surface area contributed by atoms with Crippen molar-refractivity contribution in [3.63, 3.8) is 0 Å². The van der Waals surface area contributed by atoms with Gasteiger partial charge in [-0.15, -0.1) is 0 Å². The van der Waals surface area contributed by atoms with Crippen LogP contribution >= 0.6 is 8.86 Å². The maximum Gasteiger partial charge on any atom is 0.141 e. The van der Waals surface area contributed by atoms with Gasteiger partial charge in [0.05, 0.1) is 11.4 Å². The molecule has 1 aromatic heterocycles. The van der Waals surface area contributed by atoms with Crippen molar-refractivity contribution in [2.45, 2.75) is 79.1 Å². The maximum atomic E-state index is 4.05. The van der Waals surface area contributed by atoms with Crippen LogP contribution in [-0.4, -0.2) is 9.13 Å². The van der Waals surface area contributed by atoms with Gasteiger partial charge in [-0.05, 0) is 45.9 Å². The third-order valence-electron chi connectivity index (χ3n) is 5.99. The highest BCUT2D eigenvalue weighted by molar-refractivity contribution is 7.06. The molecule has 0 radical (unpaired) electrons. The van der Waals surface area contributed by atoms with Crippen molar-refractivity contribution < 1.29 is 0 Å². The fourth-order valence-electron chi connectivity index (χ4n) is 4.33. The summed E-state index contributed by atoms with van der Waals surface area (Å²) in [6.45, 7) is 18.2. The molecule has 2 aromatic carbocycles. The molecule has 0 amide bonds. The molecule has 3 heteroatoms. The van der Waals surface area contributed by atoms with Gasteiger partial charge in [-0.25, -0.2) is 0 Å². The third kappa shape index (κ3) is 4.08. The molecule has 2 nitrogen and oxygen atoms in total. The lowest BCUT2D eigenvalue weighted by molar-refractivity contribution is 0.784.